The van der Waals surface area contributed by atoms with Crippen LogP contribution in [0.1, 0.15) is 83.8 Å². The van der Waals surface area contributed by atoms with E-state index >= 15 is 0 Å². The Morgan fingerprint density at radius 3 is 2.66 bits per heavy atom. The molecule has 2 aliphatic carbocycles. The highest BCUT2D eigenvalue weighted by Gasteiger charge is 2.27. The number of hydrogen-bond donors (Lipinski definition) is 1. The Kier molecular flexibility index (Phi) is 9.18. The van der Waals surface area contributed by atoms with Gasteiger partial charge >= 0.3 is 0 Å². The second-order valence-electron chi connectivity index (χ2n) is 9.99. The summed E-state index contributed by atoms with van der Waals surface area (Å²) in [6, 6.07) is 14.3. The summed E-state index contributed by atoms with van der Waals surface area (Å²) in [6.45, 7) is 2.94. The van der Waals surface area contributed by atoms with Crippen molar-refractivity contribution in [2.45, 2.75) is 77.4 Å². The minimum atomic E-state index is 0.0456. The van der Waals surface area contributed by atoms with E-state index in [1.807, 2.05) is 55.6 Å². The van der Waals surface area contributed by atoms with Crippen molar-refractivity contribution in [1.82, 2.24) is 5.32 Å². The van der Waals surface area contributed by atoms with Crippen LogP contribution in [0.25, 0.3) is 0 Å². The molecule has 200 valence electrons. The number of halogens is 1. The summed E-state index contributed by atoms with van der Waals surface area (Å²) < 4.78 is 12.9. The van der Waals surface area contributed by atoms with E-state index in [1.165, 1.54) is 36.1 Å². The zero-order chi connectivity index (χ0) is 26.3. The fraction of sp³-hybridized carbons (Fsp3) is 0.419. The van der Waals surface area contributed by atoms with Crippen LogP contribution in [0.5, 0.6) is 11.5 Å². The SMILES string of the molecule is CCOc1cc(C=Nc2sc3c(c2C(=O)NC2CCCCC2)CCCC3)cc(Br)c1OCc1ccccc1. The fourth-order valence-corrected chi connectivity index (χ4v) is 7.11. The summed E-state index contributed by atoms with van der Waals surface area (Å²) >= 11 is 5.35. The quantitative estimate of drug-likeness (QED) is 0.254. The van der Waals surface area contributed by atoms with Crippen molar-refractivity contribution in [3.8, 4) is 11.5 Å². The second-order valence-corrected chi connectivity index (χ2v) is 11.9. The van der Waals surface area contributed by atoms with Crippen LogP contribution in [0.2, 0.25) is 0 Å². The number of hydrogen-bond acceptors (Lipinski definition) is 5. The number of carbonyl (C=O) groups excluding carboxylic acids is 1. The van der Waals surface area contributed by atoms with Crippen molar-refractivity contribution in [3.05, 3.63) is 74.1 Å². The first-order valence-corrected chi connectivity index (χ1v) is 15.4. The van der Waals surface area contributed by atoms with Crippen LogP contribution in [-0.2, 0) is 19.4 Å². The van der Waals surface area contributed by atoms with E-state index in [0.29, 0.717) is 24.7 Å². The first kappa shape index (κ1) is 26.9. The Bertz CT molecular complexity index is 1280. The van der Waals surface area contributed by atoms with Gasteiger partial charge in [-0.25, -0.2) is 4.99 Å². The van der Waals surface area contributed by atoms with Gasteiger partial charge in [0, 0.05) is 17.1 Å². The predicted octanol–water partition coefficient (Wildman–Crippen LogP) is 8.18. The first-order chi connectivity index (χ1) is 18.6. The van der Waals surface area contributed by atoms with Gasteiger partial charge in [0.2, 0.25) is 0 Å². The highest BCUT2D eigenvalue weighted by molar-refractivity contribution is 9.10. The molecule has 38 heavy (non-hydrogen) atoms. The van der Waals surface area contributed by atoms with E-state index in [4.69, 9.17) is 14.5 Å². The number of thiophene rings is 1. The van der Waals surface area contributed by atoms with E-state index in [9.17, 15) is 4.79 Å². The number of carbonyl (C=O) groups is 1. The van der Waals surface area contributed by atoms with Gasteiger partial charge in [-0.3, -0.25) is 4.79 Å². The van der Waals surface area contributed by atoms with Crippen molar-refractivity contribution in [2.24, 2.45) is 4.99 Å². The molecule has 0 bridgehead atoms. The summed E-state index contributed by atoms with van der Waals surface area (Å²) in [5, 5.41) is 4.14. The van der Waals surface area contributed by atoms with Gasteiger partial charge in [-0.05, 0) is 90.2 Å². The van der Waals surface area contributed by atoms with Gasteiger partial charge < -0.3 is 14.8 Å². The van der Waals surface area contributed by atoms with Gasteiger partial charge in [-0.15, -0.1) is 11.3 Å². The number of aliphatic imine (C=N–C) groups is 1. The van der Waals surface area contributed by atoms with Gasteiger partial charge in [0.05, 0.1) is 16.6 Å². The van der Waals surface area contributed by atoms with E-state index < -0.39 is 0 Å². The summed E-state index contributed by atoms with van der Waals surface area (Å²) in [5.74, 6) is 1.39. The molecule has 0 aliphatic heterocycles. The number of nitrogens with one attached hydrogen (secondary N) is 1. The normalized spacial score (nSPS) is 15.8. The standard InChI is InChI=1S/C31H35BrN2O3S/c1-2-36-26-18-22(17-25(32)29(26)37-20-21-11-5-3-6-12-21)19-33-31-28(24-15-9-10-16-27(24)38-31)30(35)34-23-13-7-4-8-14-23/h3,5-6,11-12,17-19,23H,2,4,7-10,13-16,20H2,1H3,(H,34,35). The van der Waals surface area contributed by atoms with Crippen molar-refractivity contribution in [3.63, 3.8) is 0 Å². The lowest BCUT2D eigenvalue weighted by Gasteiger charge is -2.23. The maximum atomic E-state index is 13.5. The average Bonchev–Trinajstić information content (AvgIpc) is 3.31. The van der Waals surface area contributed by atoms with Crippen LogP contribution < -0.4 is 14.8 Å². The highest BCUT2D eigenvalue weighted by atomic mass is 79.9. The molecule has 1 N–H and O–H groups in total. The molecule has 1 aromatic heterocycles. The number of amides is 1. The lowest BCUT2D eigenvalue weighted by atomic mass is 9.93. The van der Waals surface area contributed by atoms with E-state index in [0.717, 1.165) is 58.3 Å². The summed E-state index contributed by atoms with van der Waals surface area (Å²) in [6.07, 6.45) is 11.9. The first-order valence-electron chi connectivity index (χ1n) is 13.7. The third kappa shape index (κ3) is 6.49. The van der Waals surface area contributed by atoms with Gasteiger partial charge in [0.25, 0.3) is 5.91 Å². The van der Waals surface area contributed by atoms with Crippen LogP contribution in [-0.4, -0.2) is 24.8 Å². The third-order valence-corrected chi connectivity index (χ3v) is 9.00. The minimum absolute atomic E-state index is 0.0456. The maximum Gasteiger partial charge on any atom is 0.254 e. The molecule has 2 aliphatic rings. The Morgan fingerprint density at radius 2 is 1.87 bits per heavy atom. The zero-order valence-electron chi connectivity index (χ0n) is 21.9. The van der Waals surface area contributed by atoms with Crippen molar-refractivity contribution in [2.75, 3.05) is 6.61 Å². The molecule has 1 heterocycles. The molecule has 1 amide bonds. The summed E-state index contributed by atoms with van der Waals surface area (Å²) in [4.78, 5) is 19.7. The molecule has 1 saturated carbocycles. The topological polar surface area (TPSA) is 59.9 Å². The van der Waals surface area contributed by atoms with Crippen molar-refractivity contribution < 1.29 is 14.3 Å². The second kappa shape index (κ2) is 12.9. The lowest BCUT2D eigenvalue weighted by molar-refractivity contribution is 0.0927. The molecule has 0 saturated heterocycles. The monoisotopic (exact) mass is 594 g/mol. The molecule has 5 rings (SSSR count). The molecular formula is C31H35BrN2O3S. The number of fused-ring (bicyclic) bond motifs is 1. The molecule has 3 aromatic rings. The molecule has 5 nitrogen and oxygen atoms in total. The van der Waals surface area contributed by atoms with Gasteiger partial charge in [0.1, 0.15) is 11.6 Å². The number of nitrogens with zero attached hydrogens (tertiary/aromatic N) is 1. The van der Waals surface area contributed by atoms with Gasteiger partial charge in [-0.1, -0.05) is 49.6 Å². The van der Waals surface area contributed by atoms with Crippen LogP contribution in [0, 0.1) is 0 Å². The Morgan fingerprint density at radius 1 is 1.08 bits per heavy atom. The average molecular weight is 596 g/mol. The maximum absolute atomic E-state index is 13.5. The molecule has 2 aromatic carbocycles. The fourth-order valence-electron chi connectivity index (χ4n) is 5.31. The van der Waals surface area contributed by atoms with Crippen molar-refractivity contribution >= 4 is 44.4 Å². The van der Waals surface area contributed by atoms with Crippen LogP contribution in [0.3, 0.4) is 0 Å². The number of rotatable bonds is 9. The smallest absolute Gasteiger partial charge is 0.254 e. The summed E-state index contributed by atoms with van der Waals surface area (Å²) in [7, 11) is 0. The molecule has 7 heteroatoms. The predicted molar refractivity (Wildman–Crippen MR) is 159 cm³/mol. The molecular weight excluding hydrogens is 560 g/mol. The minimum Gasteiger partial charge on any atom is -0.490 e. The molecule has 0 radical (unpaired) electrons. The Balaban J connectivity index is 1.40. The van der Waals surface area contributed by atoms with Crippen LogP contribution >= 0.6 is 27.3 Å². The molecule has 0 spiro atoms. The third-order valence-electron chi connectivity index (χ3n) is 7.21. The van der Waals surface area contributed by atoms with E-state index in [-0.39, 0.29) is 11.9 Å². The summed E-state index contributed by atoms with van der Waals surface area (Å²) in [5.41, 5.74) is 3.98. The van der Waals surface area contributed by atoms with Gasteiger partial charge in [0.15, 0.2) is 11.5 Å². The van der Waals surface area contributed by atoms with E-state index in [1.54, 1.807) is 11.3 Å². The van der Waals surface area contributed by atoms with Crippen molar-refractivity contribution in [1.29, 1.82) is 0 Å². The molecule has 1 fully saturated rings. The Labute approximate surface area is 237 Å². The Hall–Kier alpha value is -2.64. The number of aryl methyl sites for hydroxylation is 1. The largest absolute Gasteiger partial charge is 0.490 e. The molecule has 0 unspecified atom stereocenters. The zero-order valence-corrected chi connectivity index (χ0v) is 24.3. The molecule has 0 atom stereocenters. The highest BCUT2D eigenvalue weighted by Crippen LogP contribution is 2.41. The lowest BCUT2D eigenvalue weighted by Crippen LogP contribution is -2.36. The van der Waals surface area contributed by atoms with Crippen LogP contribution in [0.15, 0.2) is 51.9 Å². The van der Waals surface area contributed by atoms with Gasteiger partial charge in [-0.2, -0.15) is 0 Å². The number of ether oxygens (including phenoxy) is 2. The number of benzene rings is 2. The van der Waals surface area contributed by atoms with Crippen LogP contribution in [0.4, 0.5) is 5.00 Å². The van der Waals surface area contributed by atoms with E-state index in [2.05, 4.69) is 21.2 Å².